The summed E-state index contributed by atoms with van der Waals surface area (Å²) in [6.45, 7) is 42.5. The summed E-state index contributed by atoms with van der Waals surface area (Å²) in [5, 5.41) is 32.2. The molecule has 11 nitrogen and oxygen atoms in total. The first-order chi connectivity index (χ1) is 30.5. The van der Waals surface area contributed by atoms with E-state index in [2.05, 4.69) is 130 Å². The zero-order valence-corrected chi connectivity index (χ0v) is 45.4. The first-order valence-electron chi connectivity index (χ1n) is 23.4. The van der Waals surface area contributed by atoms with Gasteiger partial charge in [0.1, 0.15) is 17.2 Å². The van der Waals surface area contributed by atoms with Gasteiger partial charge in [0.25, 0.3) is 0 Å². The number of aldehydes is 1. The molecule has 0 heterocycles. The molecule has 66 heavy (non-hydrogen) atoms. The average Bonchev–Trinajstić information content (AvgIpc) is 3.25. The van der Waals surface area contributed by atoms with Crippen LogP contribution in [0, 0.1) is 0 Å². The Hall–Kier alpha value is -3.26. The van der Waals surface area contributed by atoms with Gasteiger partial charge in [-0.15, -0.1) is 12.4 Å². The van der Waals surface area contributed by atoms with E-state index in [1.807, 2.05) is 39.0 Å². The summed E-state index contributed by atoms with van der Waals surface area (Å²) >= 11 is 10.1. The Bertz CT molecular complexity index is 1830. The number of aliphatic imine (C=N–C) groups is 2. The van der Waals surface area contributed by atoms with Crippen LogP contribution in [0.15, 0.2) is 46.4 Å². The Morgan fingerprint density at radius 1 is 0.500 bits per heavy atom. The predicted molar refractivity (Wildman–Crippen MR) is 286 cm³/mol. The molecule has 3 aromatic carbocycles. The van der Waals surface area contributed by atoms with E-state index in [0.717, 1.165) is 98.6 Å². The van der Waals surface area contributed by atoms with E-state index >= 15 is 0 Å². The minimum Gasteiger partial charge on any atom is -0.507 e. The van der Waals surface area contributed by atoms with Gasteiger partial charge in [-0.3, -0.25) is 29.5 Å². The number of aromatic hydroxyl groups is 3. The quantitative estimate of drug-likeness (QED) is 0.0306. The summed E-state index contributed by atoms with van der Waals surface area (Å²) in [6.07, 6.45) is 4.27. The molecule has 0 aliphatic carbocycles. The van der Waals surface area contributed by atoms with E-state index in [9.17, 15) is 20.1 Å². The van der Waals surface area contributed by atoms with E-state index in [1.165, 1.54) is 11.1 Å². The SMILES string of the molecule is CCN(CC)Cc1cc(C=NCCN=Cc2cc(CN(CC)CC)cc(C(C)(C)C)c2O)c(O)c(C(C)(C)C)c1.CCN(CC)Cc1cc(C=O)c(O)c(C(C)(C)C)c1.Cl.ClNCCNCl. The van der Waals surface area contributed by atoms with Gasteiger partial charge in [-0.05, 0) is 114 Å². The summed E-state index contributed by atoms with van der Waals surface area (Å²) < 4.78 is 0. The van der Waals surface area contributed by atoms with Gasteiger partial charge in [-0.25, -0.2) is 9.67 Å². The number of rotatable bonds is 21. The monoisotopic (exact) mass is 978 g/mol. The predicted octanol–water partition coefficient (Wildman–Crippen LogP) is 11.2. The number of phenolic OH excluding ortho intramolecular Hbond substituents is 3. The Kier molecular flexibility index (Phi) is 29.5. The third kappa shape index (κ3) is 21.4. The fourth-order valence-electron chi connectivity index (χ4n) is 7.08. The molecule has 0 spiro atoms. The van der Waals surface area contributed by atoms with Crippen molar-refractivity contribution in [3.8, 4) is 17.2 Å². The molecule has 0 aromatic heterocycles. The lowest BCUT2D eigenvalue weighted by molar-refractivity contribution is 0.112. The van der Waals surface area contributed by atoms with Gasteiger partial charge in [-0.1, -0.05) is 122 Å². The maximum Gasteiger partial charge on any atom is 0.153 e. The molecule has 0 aliphatic rings. The number of nitrogens with one attached hydrogen (secondary N) is 2. The van der Waals surface area contributed by atoms with E-state index in [-0.39, 0.29) is 34.4 Å². The van der Waals surface area contributed by atoms with Crippen molar-refractivity contribution in [1.29, 1.82) is 0 Å². The van der Waals surface area contributed by atoms with E-state index in [0.29, 0.717) is 43.2 Å². The fraction of sp³-hybridized carbons (Fsp3) is 0.596. The molecule has 0 bridgehead atoms. The molecule has 0 unspecified atom stereocenters. The third-order valence-electron chi connectivity index (χ3n) is 11.2. The molecule has 0 radical (unpaired) electrons. The average molecular weight is 980 g/mol. The summed E-state index contributed by atoms with van der Waals surface area (Å²) in [7, 11) is 0. The molecule has 14 heteroatoms. The molecular formula is C52H86Cl3N7O4. The lowest BCUT2D eigenvalue weighted by atomic mass is 9.84. The Labute approximate surface area is 416 Å². The van der Waals surface area contributed by atoms with Gasteiger partial charge in [0, 0.05) is 73.0 Å². The molecule has 0 saturated heterocycles. The van der Waals surface area contributed by atoms with Crippen molar-refractivity contribution < 1.29 is 20.1 Å². The Morgan fingerprint density at radius 3 is 0.985 bits per heavy atom. The van der Waals surface area contributed by atoms with Crippen molar-refractivity contribution >= 4 is 54.7 Å². The van der Waals surface area contributed by atoms with E-state index in [4.69, 9.17) is 23.6 Å². The van der Waals surface area contributed by atoms with Crippen LogP contribution < -0.4 is 9.67 Å². The highest BCUT2D eigenvalue weighted by molar-refractivity contribution is 6.14. The Morgan fingerprint density at radius 2 is 0.758 bits per heavy atom. The fourth-order valence-corrected chi connectivity index (χ4v) is 7.27. The lowest BCUT2D eigenvalue weighted by Gasteiger charge is -2.24. The second-order valence-corrected chi connectivity index (χ2v) is 19.9. The first kappa shape index (κ1) is 62.7. The standard InChI is InChI=1S/C34H54N4O2.C16H25NO2.C2H6Cl2N2.ClH/c1-11-37(12-2)23-25-17-27(31(39)29(19-25)33(5,6)7)21-35-15-16-36-22-28-18-26(24-38(13-3)14-4)20-30(32(28)40)34(8,9)10;1-6-17(7-2)10-12-8-13(11-18)15(19)14(9-12)16(3,4)5;3-5-1-2-6-4;/h17-22,39-40H,11-16,23-24H2,1-10H3;8-9,11,19H,6-7,10H2,1-5H3;5-6H,1-2H2;1H. The van der Waals surface area contributed by atoms with Crippen LogP contribution in [0.1, 0.15) is 159 Å². The van der Waals surface area contributed by atoms with Crippen molar-refractivity contribution in [2.45, 2.75) is 140 Å². The number of hydrogen-bond donors (Lipinski definition) is 5. The highest BCUT2D eigenvalue weighted by atomic mass is 35.5. The molecule has 0 aliphatic heterocycles. The molecule has 5 N–H and O–H groups in total. The van der Waals surface area contributed by atoms with Crippen LogP contribution in [-0.2, 0) is 35.9 Å². The van der Waals surface area contributed by atoms with Crippen LogP contribution in [-0.4, -0.2) is 114 Å². The van der Waals surface area contributed by atoms with Crippen molar-refractivity contribution in [2.24, 2.45) is 9.98 Å². The number of carbonyl (C=O) groups excluding carboxylic acids is 1. The van der Waals surface area contributed by atoms with Gasteiger partial charge in [0.05, 0.1) is 18.7 Å². The van der Waals surface area contributed by atoms with E-state index in [1.54, 1.807) is 18.5 Å². The highest BCUT2D eigenvalue weighted by Gasteiger charge is 2.24. The maximum absolute atomic E-state index is 11.1. The van der Waals surface area contributed by atoms with Crippen LogP contribution in [0.5, 0.6) is 17.2 Å². The topological polar surface area (TPSA) is 136 Å². The molecule has 3 rings (SSSR count). The number of carbonyl (C=O) groups is 1. The minimum absolute atomic E-state index is 0. The molecular weight excluding hydrogens is 893 g/mol. The zero-order chi connectivity index (χ0) is 49.5. The number of hydrogen-bond acceptors (Lipinski definition) is 11. The number of halogens is 3. The van der Waals surface area contributed by atoms with Crippen LogP contribution in [0.25, 0.3) is 0 Å². The van der Waals surface area contributed by atoms with Crippen molar-refractivity contribution in [1.82, 2.24) is 24.4 Å². The normalized spacial score (nSPS) is 12.1. The molecule has 374 valence electrons. The summed E-state index contributed by atoms with van der Waals surface area (Å²) in [6, 6.07) is 12.1. The van der Waals surface area contributed by atoms with Gasteiger partial charge >= 0.3 is 0 Å². The van der Waals surface area contributed by atoms with Crippen molar-refractivity contribution in [2.75, 3.05) is 65.4 Å². The van der Waals surface area contributed by atoms with Crippen LogP contribution in [0.3, 0.4) is 0 Å². The molecule has 0 saturated carbocycles. The lowest BCUT2D eigenvalue weighted by Crippen LogP contribution is -2.23. The van der Waals surface area contributed by atoms with Crippen LogP contribution >= 0.6 is 36.0 Å². The molecule has 0 amide bonds. The van der Waals surface area contributed by atoms with E-state index < -0.39 is 0 Å². The molecule has 3 aromatic rings. The third-order valence-corrected chi connectivity index (χ3v) is 11.6. The van der Waals surface area contributed by atoms with Gasteiger partial charge in [-0.2, -0.15) is 0 Å². The largest absolute Gasteiger partial charge is 0.507 e. The summed E-state index contributed by atoms with van der Waals surface area (Å²) in [4.78, 5) is 32.1. The van der Waals surface area contributed by atoms with Gasteiger partial charge in [0.15, 0.2) is 6.29 Å². The second kappa shape index (κ2) is 31.0. The molecule has 0 atom stereocenters. The second-order valence-electron chi connectivity index (χ2n) is 19.3. The smallest absolute Gasteiger partial charge is 0.153 e. The number of nitrogens with zero attached hydrogens (tertiary/aromatic N) is 5. The maximum atomic E-state index is 11.1. The van der Waals surface area contributed by atoms with Gasteiger partial charge in [0.2, 0.25) is 0 Å². The highest BCUT2D eigenvalue weighted by Crippen LogP contribution is 2.36. The van der Waals surface area contributed by atoms with Crippen LogP contribution in [0.4, 0.5) is 0 Å². The van der Waals surface area contributed by atoms with Crippen LogP contribution in [0.2, 0.25) is 0 Å². The Balaban J connectivity index is 0.00000134. The first-order valence-corrected chi connectivity index (χ1v) is 24.1. The summed E-state index contributed by atoms with van der Waals surface area (Å²) in [5.74, 6) is 0.714. The van der Waals surface area contributed by atoms with Gasteiger partial charge < -0.3 is 15.3 Å². The minimum atomic E-state index is -0.179. The van der Waals surface area contributed by atoms with Crippen molar-refractivity contribution in [3.05, 3.63) is 86.5 Å². The number of benzene rings is 3. The van der Waals surface area contributed by atoms with Crippen molar-refractivity contribution in [3.63, 3.8) is 0 Å². The zero-order valence-electron chi connectivity index (χ0n) is 43.0. The molecule has 0 fully saturated rings. The summed E-state index contributed by atoms with van der Waals surface area (Å²) in [5.41, 5.74) is 7.49. The number of phenols is 3.